The quantitative estimate of drug-likeness (QED) is 0.368. The molecular weight excluding hydrogens is 434 g/mol. The topological polar surface area (TPSA) is 87.2 Å². The van der Waals surface area contributed by atoms with E-state index in [9.17, 15) is 9.59 Å². The van der Waals surface area contributed by atoms with Crippen LogP contribution in [0.1, 0.15) is 35.0 Å². The van der Waals surface area contributed by atoms with Gasteiger partial charge in [-0.1, -0.05) is 24.3 Å². The first-order chi connectivity index (χ1) is 16.0. The smallest absolute Gasteiger partial charge is 0.306 e. The lowest BCUT2D eigenvalue weighted by Gasteiger charge is -2.17. The van der Waals surface area contributed by atoms with Crippen molar-refractivity contribution in [2.24, 2.45) is 5.73 Å². The molecule has 0 aliphatic heterocycles. The first kappa shape index (κ1) is 22.5. The molecule has 2 N–H and O–H groups in total. The summed E-state index contributed by atoms with van der Waals surface area (Å²) in [5.74, 6) is -0.680. The molecule has 33 heavy (non-hydrogen) atoms. The maximum atomic E-state index is 12.0. The number of primary amides is 1. The second-order valence-electron chi connectivity index (χ2n) is 7.66. The summed E-state index contributed by atoms with van der Waals surface area (Å²) in [4.78, 5) is 28.9. The van der Waals surface area contributed by atoms with Crippen molar-refractivity contribution >= 4 is 23.2 Å². The van der Waals surface area contributed by atoms with Crippen LogP contribution in [0.5, 0.6) is 0 Å². The normalized spacial score (nSPS) is 10.8. The number of ether oxygens (including phenoxy) is 1. The van der Waals surface area contributed by atoms with Crippen LogP contribution >= 0.6 is 11.3 Å². The van der Waals surface area contributed by atoms with E-state index in [-0.39, 0.29) is 5.97 Å². The third-order valence-electron chi connectivity index (χ3n) is 5.47. The van der Waals surface area contributed by atoms with Crippen molar-refractivity contribution in [2.75, 3.05) is 6.61 Å². The highest BCUT2D eigenvalue weighted by Crippen LogP contribution is 2.32. The first-order valence-corrected chi connectivity index (χ1v) is 11.6. The Balaban J connectivity index is 1.76. The van der Waals surface area contributed by atoms with E-state index in [0.717, 1.165) is 38.6 Å². The van der Waals surface area contributed by atoms with E-state index < -0.39 is 5.91 Å². The van der Waals surface area contributed by atoms with E-state index in [1.54, 1.807) is 30.4 Å². The largest absolute Gasteiger partial charge is 0.466 e. The summed E-state index contributed by atoms with van der Waals surface area (Å²) in [6.07, 6.45) is 2.69. The number of carbonyl (C=O) groups is 2. The van der Waals surface area contributed by atoms with E-state index in [2.05, 4.69) is 39.9 Å². The molecule has 0 spiro atoms. The highest BCUT2D eigenvalue weighted by molar-refractivity contribution is 7.13. The number of aryl methyl sites for hydroxylation is 2. The molecule has 0 radical (unpaired) electrons. The number of benzene rings is 2. The Morgan fingerprint density at radius 2 is 1.82 bits per heavy atom. The molecule has 0 unspecified atom stereocenters. The lowest BCUT2D eigenvalue weighted by atomic mass is 10.1. The molecule has 2 aromatic heterocycles. The van der Waals surface area contributed by atoms with Crippen LogP contribution in [-0.4, -0.2) is 28.0 Å². The fraction of sp³-hybridized carbons (Fsp3) is 0.192. The summed E-state index contributed by atoms with van der Waals surface area (Å²) < 4.78 is 7.25. The third kappa shape index (κ3) is 4.88. The highest BCUT2D eigenvalue weighted by atomic mass is 32.1. The van der Waals surface area contributed by atoms with Gasteiger partial charge in [-0.25, -0.2) is 0 Å². The van der Waals surface area contributed by atoms with Crippen LogP contribution in [0.2, 0.25) is 0 Å². The molecule has 0 saturated carbocycles. The molecule has 7 heteroatoms. The number of aromatic nitrogens is 2. The monoisotopic (exact) mass is 459 g/mol. The Hall–Kier alpha value is -3.71. The summed E-state index contributed by atoms with van der Waals surface area (Å²) in [6, 6.07) is 17.9. The van der Waals surface area contributed by atoms with Crippen molar-refractivity contribution < 1.29 is 14.3 Å². The number of carbonyl (C=O) groups excluding carboxylic acids is 2. The van der Waals surface area contributed by atoms with Gasteiger partial charge in [0.05, 0.1) is 29.1 Å². The molecule has 0 atom stereocenters. The molecule has 0 fully saturated rings. The average molecular weight is 460 g/mol. The third-order valence-corrected chi connectivity index (χ3v) is 6.29. The van der Waals surface area contributed by atoms with Crippen LogP contribution in [0.25, 0.3) is 27.4 Å². The van der Waals surface area contributed by atoms with Gasteiger partial charge in [0.15, 0.2) is 0 Å². The molecule has 4 aromatic rings. The second-order valence-corrected chi connectivity index (χ2v) is 8.55. The highest BCUT2D eigenvalue weighted by Gasteiger charge is 2.16. The minimum atomic E-state index is -0.460. The average Bonchev–Trinajstić information content (AvgIpc) is 3.48. The lowest BCUT2D eigenvalue weighted by Crippen LogP contribution is -2.12. The molecule has 168 valence electrons. The number of nitrogens with two attached hydrogens (primary N) is 1. The zero-order valence-corrected chi connectivity index (χ0v) is 19.4. The molecule has 0 aliphatic rings. The number of hydrogen-bond acceptors (Lipinski definition) is 5. The molecule has 1 amide bonds. The van der Waals surface area contributed by atoms with E-state index >= 15 is 0 Å². The van der Waals surface area contributed by atoms with Crippen molar-refractivity contribution in [3.05, 3.63) is 83.1 Å². The van der Waals surface area contributed by atoms with Crippen molar-refractivity contribution in [3.63, 3.8) is 0 Å². The molecule has 0 saturated heterocycles. The summed E-state index contributed by atoms with van der Waals surface area (Å²) in [5, 5.41) is 0. The minimum Gasteiger partial charge on any atom is -0.466 e. The Kier molecular flexibility index (Phi) is 6.70. The standard InChI is InChI=1S/C26H25N3O3S/c1-3-32-25(30)13-10-21-9-12-23(18-4-6-19(7-5-18)24-15-28-16-33-24)29(21)22-11-8-20(26(27)31)14-17(22)2/h4-9,11-12,14-16H,3,10,13H2,1-2H3,(H2,27,31). The summed E-state index contributed by atoms with van der Waals surface area (Å²) in [5.41, 5.74) is 13.8. The van der Waals surface area contributed by atoms with Crippen LogP contribution in [0, 0.1) is 6.92 Å². The fourth-order valence-electron chi connectivity index (χ4n) is 3.87. The maximum Gasteiger partial charge on any atom is 0.306 e. The zero-order chi connectivity index (χ0) is 23.4. The van der Waals surface area contributed by atoms with Crippen LogP contribution in [0.3, 0.4) is 0 Å². The van der Waals surface area contributed by atoms with Gasteiger partial charge in [-0.3, -0.25) is 14.6 Å². The summed E-state index contributed by atoms with van der Waals surface area (Å²) in [7, 11) is 0. The lowest BCUT2D eigenvalue weighted by molar-refractivity contribution is -0.143. The van der Waals surface area contributed by atoms with E-state index in [4.69, 9.17) is 10.5 Å². The van der Waals surface area contributed by atoms with Crippen molar-refractivity contribution in [1.29, 1.82) is 0 Å². The van der Waals surface area contributed by atoms with Gasteiger partial charge in [0.1, 0.15) is 0 Å². The van der Waals surface area contributed by atoms with Crippen LogP contribution in [0.15, 0.2) is 66.3 Å². The summed E-state index contributed by atoms with van der Waals surface area (Å²) in [6.45, 7) is 4.12. The SMILES string of the molecule is CCOC(=O)CCc1ccc(-c2ccc(-c3cncs3)cc2)n1-c1ccc(C(N)=O)cc1C. The van der Waals surface area contributed by atoms with Gasteiger partial charge >= 0.3 is 5.97 Å². The van der Waals surface area contributed by atoms with E-state index in [1.165, 1.54) is 0 Å². The number of thiazole rings is 1. The van der Waals surface area contributed by atoms with Crippen molar-refractivity contribution in [2.45, 2.75) is 26.7 Å². The van der Waals surface area contributed by atoms with Crippen LogP contribution in [0.4, 0.5) is 0 Å². The van der Waals surface area contributed by atoms with Gasteiger partial charge in [-0.05, 0) is 67.3 Å². The van der Waals surface area contributed by atoms with E-state index in [0.29, 0.717) is 25.0 Å². The zero-order valence-electron chi connectivity index (χ0n) is 18.6. The first-order valence-electron chi connectivity index (χ1n) is 10.7. The Morgan fingerprint density at radius 3 is 2.45 bits per heavy atom. The number of esters is 1. The number of nitrogens with zero attached hydrogens (tertiary/aromatic N) is 2. The van der Waals surface area contributed by atoms with Gasteiger partial charge in [0.25, 0.3) is 0 Å². The maximum absolute atomic E-state index is 12.0. The second kappa shape index (κ2) is 9.83. The molecule has 0 bridgehead atoms. The predicted molar refractivity (Wildman–Crippen MR) is 131 cm³/mol. The van der Waals surface area contributed by atoms with Crippen LogP contribution in [-0.2, 0) is 16.0 Å². The molecule has 4 rings (SSSR count). The number of rotatable bonds is 8. The van der Waals surface area contributed by atoms with Crippen molar-refractivity contribution in [1.82, 2.24) is 9.55 Å². The van der Waals surface area contributed by atoms with Gasteiger partial charge in [0.2, 0.25) is 5.91 Å². The van der Waals surface area contributed by atoms with Gasteiger partial charge in [0, 0.05) is 23.1 Å². The van der Waals surface area contributed by atoms with Crippen LogP contribution < -0.4 is 5.73 Å². The molecule has 2 heterocycles. The predicted octanol–water partition coefficient (Wildman–Crippen LogP) is 5.17. The summed E-state index contributed by atoms with van der Waals surface area (Å²) >= 11 is 1.60. The Morgan fingerprint density at radius 1 is 1.06 bits per heavy atom. The van der Waals surface area contributed by atoms with E-state index in [1.807, 2.05) is 30.8 Å². The number of hydrogen-bond donors (Lipinski definition) is 1. The van der Waals surface area contributed by atoms with Gasteiger partial charge < -0.3 is 15.0 Å². The molecule has 6 nitrogen and oxygen atoms in total. The number of amides is 1. The van der Waals surface area contributed by atoms with Crippen molar-refractivity contribution in [3.8, 4) is 27.4 Å². The Bertz CT molecular complexity index is 1270. The molecule has 0 aliphatic carbocycles. The fourth-order valence-corrected chi connectivity index (χ4v) is 4.50. The van der Waals surface area contributed by atoms with Gasteiger partial charge in [-0.15, -0.1) is 11.3 Å². The Labute approximate surface area is 196 Å². The molecule has 2 aromatic carbocycles. The molecular formula is C26H25N3O3S. The van der Waals surface area contributed by atoms with Gasteiger partial charge in [-0.2, -0.15) is 0 Å². The minimum absolute atomic E-state index is 0.221.